The molecule has 0 aromatic heterocycles. The summed E-state index contributed by atoms with van der Waals surface area (Å²) in [6.45, 7) is 0. The third-order valence-electron chi connectivity index (χ3n) is 6.15. The van der Waals surface area contributed by atoms with E-state index in [-0.39, 0.29) is 19.3 Å². The lowest BCUT2D eigenvalue weighted by atomic mass is 9.71. The van der Waals surface area contributed by atoms with Gasteiger partial charge in [0, 0.05) is 19.3 Å². The molecule has 0 spiro atoms. The molecule has 3 aromatic carbocycles. The van der Waals surface area contributed by atoms with Crippen LogP contribution in [0.2, 0.25) is 0 Å². The highest BCUT2D eigenvalue weighted by Crippen LogP contribution is 2.45. The van der Waals surface area contributed by atoms with Gasteiger partial charge in [0.1, 0.15) is 11.7 Å². The van der Waals surface area contributed by atoms with Crippen molar-refractivity contribution in [3.8, 4) is 0 Å². The van der Waals surface area contributed by atoms with Crippen LogP contribution in [-0.4, -0.2) is 45.0 Å². The van der Waals surface area contributed by atoms with Crippen molar-refractivity contribution in [3.63, 3.8) is 0 Å². The molecule has 2 unspecified atom stereocenters. The second kappa shape index (κ2) is 8.91. The minimum atomic E-state index is -2.12. The Labute approximate surface area is 182 Å². The number of aliphatic hydroxyl groups is 3. The van der Waals surface area contributed by atoms with Gasteiger partial charge < -0.3 is 20.1 Å². The van der Waals surface area contributed by atoms with E-state index < -0.39 is 29.7 Å². The summed E-state index contributed by atoms with van der Waals surface area (Å²) in [6, 6.07) is 27.5. The summed E-state index contributed by atoms with van der Waals surface area (Å²) in [4.78, 5) is 0. The molecule has 1 fully saturated rings. The van der Waals surface area contributed by atoms with E-state index in [1.807, 2.05) is 78.9 Å². The second-order valence-corrected chi connectivity index (χ2v) is 8.32. The number of benzene rings is 3. The van der Waals surface area contributed by atoms with Crippen LogP contribution in [-0.2, 0) is 29.1 Å². The van der Waals surface area contributed by atoms with Gasteiger partial charge in [-0.15, -0.1) is 0 Å². The van der Waals surface area contributed by atoms with Crippen LogP contribution in [0.1, 0.15) is 16.7 Å². The highest BCUT2D eigenvalue weighted by molar-refractivity contribution is 5.28. The maximum absolute atomic E-state index is 13.0. The van der Waals surface area contributed by atoms with Crippen LogP contribution in [0.25, 0.3) is 0 Å². The van der Waals surface area contributed by atoms with E-state index in [1.165, 1.54) is 0 Å². The quantitative estimate of drug-likeness (QED) is 0.549. The topological polar surface area (TPSA) is 89.8 Å². The molecule has 3 N–H and O–H groups in total. The predicted molar refractivity (Wildman–Crippen MR) is 116 cm³/mol. The van der Waals surface area contributed by atoms with Gasteiger partial charge >= 0.3 is 0 Å². The van der Waals surface area contributed by atoms with E-state index in [0.717, 1.165) is 11.1 Å². The fourth-order valence-electron chi connectivity index (χ4n) is 4.48. The lowest BCUT2D eigenvalue weighted by molar-refractivity contribution is -0.218. The van der Waals surface area contributed by atoms with E-state index >= 15 is 0 Å². The molecule has 0 bridgehead atoms. The highest BCUT2D eigenvalue weighted by atomic mass is 16.7. The van der Waals surface area contributed by atoms with Crippen LogP contribution in [0.15, 0.2) is 91.0 Å². The molecule has 0 aliphatic carbocycles. The van der Waals surface area contributed by atoms with E-state index in [9.17, 15) is 20.4 Å². The number of rotatable bonds is 7. The SMILES string of the molecule is [O]C1O[C@H](C(O)Cc2ccccc2)[C@](O)(Cc2ccccc2)[C@]1(O)Cc1ccccc1. The fourth-order valence-corrected chi connectivity index (χ4v) is 4.48. The van der Waals surface area contributed by atoms with Crippen molar-refractivity contribution in [2.45, 2.75) is 49.0 Å². The minimum absolute atomic E-state index is 0.0214. The Bertz CT molecular complexity index is 965. The first kappa shape index (κ1) is 21.7. The van der Waals surface area contributed by atoms with Crippen molar-refractivity contribution in [3.05, 3.63) is 108 Å². The molecule has 0 amide bonds. The zero-order valence-corrected chi connectivity index (χ0v) is 17.2. The van der Waals surface area contributed by atoms with Crippen LogP contribution in [0.5, 0.6) is 0 Å². The summed E-state index contributed by atoms with van der Waals surface area (Å²) < 4.78 is 5.57. The summed E-state index contributed by atoms with van der Waals surface area (Å²) in [7, 11) is 0. The van der Waals surface area contributed by atoms with Crippen LogP contribution in [0.3, 0.4) is 0 Å². The van der Waals surface area contributed by atoms with E-state index in [2.05, 4.69) is 0 Å². The smallest absolute Gasteiger partial charge is 0.224 e. The average Bonchev–Trinajstić information content (AvgIpc) is 2.96. The molecule has 1 radical (unpaired) electrons. The molecule has 5 heteroatoms. The van der Waals surface area contributed by atoms with Gasteiger partial charge in [-0.3, -0.25) is 0 Å². The Kier molecular flexibility index (Phi) is 6.23. The summed E-state index contributed by atoms with van der Waals surface area (Å²) >= 11 is 0. The van der Waals surface area contributed by atoms with Crippen molar-refractivity contribution >= 4 is 0 Å². The average molecular weight is 419 g/mol. The van der Waals surface area contributed by atoms with Crippen molar-refractivity contribution < 1.29 is 25.2 Å². The molecule has 4 rings (SSSR count). The molecule has 31 heavy (non-hydrogen) atoms. The molecule has 3 aromatic rings. The summed E-state index contributed by atoms with van der Waals surface area (Å²) in [5.41, 5.74) is -1.80. The molecule has 161 valence electrons. The van der Waals surface area contributed by atoms with Crippen molar-refractivity contribution in [2.75, 3.05) is 0 Å². The zero-order chi connectivity index (χ0) is 21.9. The molecular weight excluding hydrogens is 392 g/mol. The third kappa shape index (κ3) is 4.28. The lowest BCUT2D eigenvalue weighted by Gasteiger charge is -2.41. The van der Waals surface area contributed by atoms with Crippen LogP contribution in [0, 0.1) is 0 Å². The Morgan fingerprint density at radius 3 is 1.61 bits per heavy atom. The molecule has 0 saturated carbocycles. The highest BCUT2D eigenvalue weighted by Gasteiger charge is 2.67. The monoisotopic (exact) mass is 419 g/mol. The number of hydrogen-bond donors (Lipinski definition) is 3. The van der Waals surface area contributed by atoms with Gasteiger partial charge in [-0.2, -0.15) is 5.11 Å². The van der Waals surface area contributed by atoms with Crippen molar-refractivity contribution in [1.29, 1.82) is 0 Å². The van der Waals surface area contributed by atoms with E-state index in [0.29, 0.717) is 5.56 Å². The van der Waals surface area contributed by atoms with Gasteiger partial charge in [-0.05, 0) is 16.7 Å². The van der Waals surface area contributed by atoms with Gasteiger partial charge in [0.05, 0.1) is 6.10 Å². The Morgan fingerprint density at radius 2 is 1.13 bits per heavy atom. The van der Waals surface area contributed by atoms with Crippen LogP contribution >= 0.6 is 0 Å². The maximum Gasteiger partial charge on any atom is 0.224 e. The summed E-state index contributed by atoms with van der Waals surface area (Å²) in [5.74, 6) is 0. The minimum Gasteiger partial charge on any atom is -0.390 e. The third-order valence-corrected chi connectivity index (χ3v) is 6.15. The van der Waals surface area contributed by atoms with Gasteiger partial charge in [0.15, 0.2) is 5.60 Å². The Morgan fingerprint density at radius 1 is 0.710 bits per heavy atom. The first-order valence-electron chi connectivity index (χ1n) is 10.5. The molecule has 1 saturated heterocycles. The number of ether oxygens (including phenoxy) is 1. The first-order valence-corrected chi connectivity index (χ1v) is 10.5. The number of aliphatic hydroxyl groups excluding tert-OH is 1. The maximum atomic E-state index is 13.0. The van der Waals surface area contributed by atoms with Gasteiger partial charge in [0.25, 0.3) is 0 Å². The van der Waals surface area contributed by atoms with E-state index in [4.69, 9.17) is 4.74 Å². The summed E-state index contributed by atoms with van der Waals surface area (Å²) in [5, 5.41) is 47.5. The largest absolute Gasteiger partial charge is 0.390 e. The lowest BCUT2D eigenvalue weighted by Crippen LogP contribution is -2.63. The molecule has 1 aliphatic heterocycles. The first-order chi connectivity index (χ1) is 14.9. The normalized spacial score (nSPS) is 29.0. The standard InChI is InChI=1S/C26H27O5/c27-22(16-19-10-4-1-5-11-19)23-25(29,17-20-12-6-2-7-13-20)26(30,24(28)31-23)18-21-14-8-3-9-15-21/h1-15,22-24,27,29-30H,16-18H2/t22?,23-,24?,25-,26+/m1/s1. The van der Waals surface area contributed by atoms with Crippen molar-refractivity contribution in [2.24, 2.45) is 0 Å². The van der Waals surface area contributed by atoms with Crippen LogP contribution < -0.4 is 0 Å². The fraction of sp³-hybridized carbons (Fsp3) is 0.308. The van der Waals surface area contributed by atoms with Crippen LogP contribution in [0.4, 0.5) is 0 Å². The predicted octanol–water partition coefficient (Wildman–Crippen LogP) is 2.69. The second-order valence-electron chi connectivity index (χ2n) is 8.32. The van der Waals surface area contributed by atoms with Gasteiger partial charge in [-0.1, -0.05) is 91.0 Å². The van der Waals surface area contributed by atoms with Gasteiger partial charge in [0.2, 0.25) is 6.29 Å². The summed E-state index contributed by atoms with van der Waals surface area (Å²) in [6.07, 6.45) is -4.23. The molecule has 1 aliphatic rings. The molecule has 5 atom stereocenters. The number of hydrogen-bond acceptors (Lipinski definition) is 4. The van der Waals surface area contributed by atoms with E-state index in [1.54, 1.807) is 12.1 Å². The molecule has 1 heterocycles. The Balaban J connectivity index is 1.69. The molecular formula is C26H27O5. The van der Waals surface area contributed by atoms with Gasteiger partial charge in [-0.25, -0.2) is 0 Å². The zero-order valence-electron chi connectivity index (χ0n) is 17.2. The molecule has 5 nitrogen and oxygen atoms in total. The Hall–Kier alpha value is -2.54. The van der Waals surface area contributed by atoms with Crippen molar-refractivity contribution in [1.82, 2.24) is 0 Å².